The van der Waals surface area contributed by atoms with Crippen LogP contribution in [0.3, 0.4) is 0 Å². The van der Waals surface area contributed by atoms with Gasteiger partial charge in [0.25, 0.3) is 0 Å². The van der Waals surface area contributed by atoms with Gasteiger partial charge in [0, 0.05) is 5.41 Å². The molecule has 0 saturated heterocycles. The molecule has 3 rings (SSSR count). The third kappa shape index (κ3) is 2.82. The van der Waals surface area contributed by atoms with Crippen LogP contribution in [-0.2, 0) is 11.8 Å². The second-order valence-corrected chi connectivity index (χ2v) is 6.87. The molecule has 0 radical (unpaired) electrons. The molecule has 0 saturated carbocycles. The summed E-state index contributed by atoms with van der Waals surface area (Å²) in [5.74, 6) is 0.992. The van der Waals surface area contributed by atoms with Crippen LogP contribution in [-0.4, -0.2) is 10.2 Å². The van der Waals surface area contributed by atoms with Crippen molar-refractivity contribution in [3.8, 4) is 11.5 Å². The maximum Gasteiger partial charge on any atom is 0.115 e. The standard InChI is InChI=1S/C22H26O2/c1-3-6-21-20-13-12-19(24)15-16(20)7-5-14-22(21,4-2)17-8-10-18(23)11-9-17/h3,8-13,15,21,23-24H,1,4-7,14H2,2H3. The molecule has 2 unspecified atom stereocenters. The van der Waals surface area contributed by atoms with Crippen LogP contribution in [0.2, 0.25) is 0 Å². The lowest BCUT2D eigenvalue weighted by molar-refractivity contribution is 0.307. The maximum absolute atomic E-state index is 9.88. The smallest absolute Gasteiger partial charge is 0.115 e. The second-order valence-electron chi connectivity index (χ2n) is 6.87. The molecule has 0 heterocycles. The Morgan fingerprint density at radius 1 is 1.12 bits per heavy atom. The highest BCUT2D eigenvalue weighted by Gasteiger charge is 2.41. The Morgan fingerprint density at radius 3 is 2.50 bits per heavy atom. The average Bonchev–Trinajstić information content (AvgIpc) is 2.73. The summed E-state index contributed by atoms with van der Waals surface area (Å²) in [6.45, 7) is 6.25. The Balaban J connectivity index is 2.17. The zero-order valence-electron chi connectivity index (χ0n) is 14.3. The molecule has 2 heteroatoms. The van der Waals surface area contributed by atoms with Gasteiger partial charge < -0.3 is 10.2 Å². The minimum Gasteiger partial charge on any atom is -0.508 e. The fraction of sp³-hybridized carbons (Fsp3) is 0.364. The number of hydrogen-bond donors (Lipinski definition) is 2. The van der Waals surface area contributed by atoms with Gasteiger partial charge in [-0.3, -0.25) is 0 Å². The van der Waals surface area contributed by atoms with E-state index in [1.165, 1.54) is 16.7 Å². The highest BCUT2D eigenvalue weighted by atomic mass is 16.3. The van der Waals surface area contributed by atoms with E-state index in [0.717, 1.165) is 32.1 Å². The fourth-order valence-corrected chi connectivity index (χ4v) is 4.50. The number of phenolic OH excluding ortho intramolecular Hbond substituents is 2. The van der Waals surface area contributed by atoms with E-state index in [1.54, 1.807) is 18.2 Å². The number of aromatic hydroxyl groups is 2. The lowest BCUT2D eigenvalue weighted by Gasteiger charge is -2.40. The van der Waals surface area contributed by atoms with Crippen LogP contribution in [0.1, 0.15) is 55.2 Å². The first kappa shape index (κ1) is 16.6. The van der Waals surface area contributed by atoms with E-state index >= 15 is 0 Å². The van der Waals surface area contributed by atoms with Crippen LogP contribution in [0.25, 0.3) is 0 Å². The molecule has 2 atom stereocenters. The van der Waals surface area contributed by atoms with Crippen molar-refractivity contribution in [1.82, 2.24) is 0 Å². The number of allylic oxidation sites excluding steroid dienone is 1. The van der Waals surface area contributed by atoms with E-state index < -0.39 is 0 Å². The number of rotatable bonds is 4. The Morgan fingerprint density at radius 2 is 1.83 bits per heavy atom. The largest absolute Gasteiger partial charge is 0.508 e. The average molecular weight is 322 g/mol. The van der Waals surface area contributed by atoms with E-state index in [0.29, 0.717) is 17.4 Å². The predicted molar refractivity (Wildman–Crippen MR) is 98.7 cm³/mol. The van der Waals surface area contributed by atoms with Crippen LogP contribution in [0.15, 0.2) is 55.1 Å². The lowest BCUT2D eigenvalue weighted by atomic mass is 9.63. The van der Waals surface area contributed by atoms with Gasteiger partial charge in [-0.05, 0) is 79.0 Å². The summed E-state index contributed by atoms with van der Waals surface area (Å²) in [4.78, 5) is 0. The highest BCUT2D eigenvalue weighted by molar-refractivity contribution is 5.44. The van der Waals surface area contributed by atoms with Crippen molar-refractivity contribution < 1.29 is 10.2 Å². The summed E-state index contributed by atoms with van der Waals surface area (Å²) < 4.78 is 0. The number of hydrogen-bond acceptors (Lipinski definition) is 2. The molecule has 0 aromatic heterocycles. The van der Waals surface area contributed by atoms with Gasteiger partial charge in [0.05, 0.1) is 0 Å². The van der Waals surface area contributed by atoms with Gasteiger partial charge in [-0.1, -0.05) is 31.2 Å². The minimum absolute atomic E-state index is 0.0319. The van der Waals surface area contributed by atoms with Crippen LogP contribution in [0.4, 0.5) is 0 Å². The SMILES string of the molecule is C=CCC1c2ccc(O)cc2CCCC1(CC)c1ccc(O)cc1. The normalized spacial score (nSPS) is 23.3. The molecular weight excluding hydrogens is 296 g/mol. The van der Waals surface area contributed by atoms with Crippen LogP contribution in [0, 0.1) is 0 Å². The molecule has 2 aromatic carbocycles. The van der Waals surface area contributed by atoms with Gasteiger partial charge in [-0.15, -0.1) is 6.58 Å². The molecule has 2 aromatic rings. The van der Waals surface area contributed by atoms with Crippen molar-refractivity contribution in [2.24, 2.45) is 0 Å². The maximum atomic E-state index is 9.88. The summed E-state index contributed by atoms with van der Waals surface area (Å²) in [7, 11) is 0. The van der Waals surface area contributed by atoms with Crippen molar-refractivity contribution in [3.63, 3.8) is 0 Å². The first-order valence-corrected chi connectivity index (χ1v) is 8.83. The van der Waals surface area contributed by atoms with Crippen molar-refractivity contribution >= 4 is 0 Å². The second kappa shape index (κ2) is 6.72. The molecule has 0 bridgehead atoms. The molecule has 126 valence electrons. The lowest BCUT2D eigenvalue weighted by Crippen LogP contribution is -2.32. The molecule has 2 N–H and O–H groups in total. The molecule has 0 fully saturated rings. The zero-order valence-corrected chi connectivity index (χ0v) is 14.3. The highest BCUT2D eigenvalue weighted by Crippen LogP contribution is 2.51. The van der Waals surface area contributed by atoms with E-state index in [4.69, 9.17) is 0 Å². The summed E-state index contributed by atoms with van der Waals surface area (Å²) in [6.07, 6.45) is 7.15. The Labute approximate surface area is 144 Å². The molecule has 1 aliphatic rings. The van der Waals surface area contributed by atoms with Crippen molar-refractivity contribution in [3.05, 3.63) is 71.8 Å². The van der Waals surface area contributed by atoms with Crippen LogP contribution >= 0.6 is 0 Å². The number of fused-ring (bicyclic) bond motifs is 1. The molecule has 0 spiro atoms. The number of benzene rings is 2. The molecular formula is C22H26O2. The van der Waals surface area contributed by atoms with Crippen LogP contribution < -0.4 is 0 Å². The summed E-state index contributed by atoms with van der Waals surface area (Å²) in [5.41, 5.74) is 3.91. The van der Waals surface area contributed by atoms with Gasteiger partial charge in [0.15, 0.2) is 0 Å². The van der Waals surface area contributed by atoms with Gasteiger partial charge in [0.2, 0.25) is 0 Å². The molecule has 0 aliphatic heterocycles. The summed E-state index contributed by atoms with van der Waals surface area (Å²) in [5, 5.41) is 19.6. The van der Waals surface area contributed by atoms with Gasteiger partial charge in [0.1, 0.15) is 11.5 Å². The first-order chi connectivity index (χ1) is 11.6. The topological polar surface area (TPSA) is 40.5 Å². The van der Waals surface area contributed by atoms with Crippen LogP contribution in [0.5, 0.6) is 11.5 Å². The third-order valence-electron chi connectivity index (χ3n) is 5.71. The minimum atomic E-state index is 0.0319. The predicted octanol–water partition coefficient (Wildman–Crippen LogP) is 5.44. The van der Waals surface area contributed by atoms with E-state index in [-0.39, 0.29) is 5.41 Å². The van der Waals surface area contributed by atoms with E-state index in [2.05, 4.69) is 31.7 Å². The molecule has 0 amide bonds. The third-order valence-corrected chi connectivity index (χ3v) is 5.71. The van der Waals surface area contributed by atoms with Crippen molar-refractivity contribution in [1.29, 1.82) is 0 Å². The van der Waals surface area contributed by atoms with Crippen molar-refractivity contribution in [2.45, 2.75) is 50.4 Å². The summed E-state index contributed by atoms with van der Waals surface area (Å²) >= 11 is 0. The first-order valence-electron chi connectivity index (χ1n) is 8.83. The molecule has 24 heavy (non-hydrogen) atoms. The zero-order chi connectivity index (χ0) is 17.2. The quantitative estimate of drug-likeness (QED) is 0.581. The number of phenols is 2. The monoisotopic (exact) mass is 322 g/mol. The molecule has 2 nitrogen and oxygen atoms in total. The van der Waals surface area contributed by atoms with E-state index in [9.17, 15) is 10.2 Å². The van der Waals surface area contributed by atoms with Gasteiger partial charge >= 0.3 is 0 Å². The number of aryl methyl sites for hydroxylation is 1. The van der Waals surface area contributed by atoms with Gasteiger partial charge in [-0.2, -0.15) is 0 Å². The Bertz CT molecular complexity index is 717. The van der Waals surface area contributed by atoms with Crippen molar-refractivity contribution in [2.75, 3.05) is 0 Å². The van der Waals surface area contributed by atoms with Gasteiger partial charge in [-0.25, -0.2) is 0 Å². The molecule has 1 aliphatic carbocycles. The summed E-state index contributed by atoms with van der Waals surface area (Å²) in [6, 6.07) is 13.5. The Kier molecular flexibility index (Phi) is 4.66. The fourth-order valence-electron chi connectivity index (χ4n) is 4.50. The Hall–Kier alpha value is -2.22. The van der Waals surface area contributed by atoms with E-state index in [1.807, 2.05) is 12.1 Å².